The lowest BCUT2D eigenvalue weighted by atomic mass is 9.48. The van der Waals surface area contributed by atoms with E-state index in [4.69, 9.17) is 17.2 Å². The second-order valence-corrected chi connectivity index (χ2v) is 20.4. The monoisotopic (exact) mass is 772 g/mol. The van der Waals surface area contributed by atoms with Crippen LogP contribution in [0.3, 0.4) is 0 Å². The van der Waals surface area contributed by atoms with E-state index in [-0.39, 0.29) is 47.7 Å². The van der Waals surface area contributed by atoms with Crippen molar-refractivity contribution < 1.29 is 19.2 Å². The quantitative estimate of drug-likeness (QED) is 0.0926. The number of nitrogens with two attached hydrogens (primary N) is 3. The van der Waals surface area contributed by atoms with Gasteiger partial charge in [-0.3, -0.25) is 19.2 Å². The predicted octanol–water partition coefficient (Wildman–Crippen LogP) is 6.49. The maximum atomic E-state index is 14.8. The second-order valence-electron chi connectivity index (χ2n) is 20.4. The number of Topliss-reactive ketones (excluding diaryl/α,β-unsaturated/α-hetero) is 2. The molecule has 8 bridgehead atoms. The smallest absolute Gasteiger partial charge is 0.237 e. The van der Waals surface area contributed by atoms with Crippen LogP contribution < -0.4 is 22.5 Å². The van der Waals surface area contributed by atoms with E-state index in [0.29, 0.717) is 70.0 Å². The molecule has 0 heterocycles. The van der Waals surface area contributed by atoms with Crippen molar-refractivity contribution in [3.05, 3.63) is 35.9 Å². The summed E-state index contributed by atoms with van der Waals surface area (Å²) in [5, 5.41) is 2.99. The van der Waals surface area contributed by atoms with E-state index in [1.807, 2.05) is 23.1 Å². The number of hydrogen-bond donors (Lipinski definition) is 4. The molecule has 9 heteroatoms. The number of ketones is 2. The van der Waals surface area contributed by atoms with E-state index in [1.165, 1.54) is 57.8 Å². The van der Waals surface area contributed by atoms with Crippen molar-refractivity contribution in [1.82, 2.24) is 10.2 Å². The zero-order valence-corrected chi connectivity index (χ0v) is 34.3. The minimum absolute atomic E-state index is 0.0519. The Labute approximate surface area is 336 Å². The number of carbonyl (C=O) groups is 4. The highest BCUT2D eigenvalue weighted by Crippen LogP contribution is 2.62. The molecule has 0 spiro atoms. The first-order valence-electron chi connectivity index (χ1n) is 22.8. The molecule has 8 aliphatic rings. The Kier molecular flexibility index (Phi) is 13.7. The first-order chi connectivity index (χ1) is 27.0. The molecule has 3 atom stereocenters. The summed E-state index contributed by atoms with van der Waals surface area (Å²) >= 11 is 0. The molecule has 0 saturated heterocycles. The van der Waals surface area contributed by atoms with Gasteiger partial charge in [0, 0.05) is 25.8 Å². The van der Waals surface area contributed by atoms with E-state index in [0.717, 1.165) is 73.2 Å². The van der Waals surface area contributed by atoms with Gasteiger partial charge in [-0.25, -0.2) is 0 Å². The fraction of sp³-hybridized carbons (Fsp3) is 0.787. The Hall–Kier alpha value is -2.62. The number of benzene rings is 1. The van der Waals surface area contributed by atoms with Gasteiger partial charge in [-0.05, 0) is 193 Å². The number of rotatable bonds is 23. The number of nitrogens with zero attached hydrogens (tertiary/aromatic N) is 1. The van der Waals surface area contributed by atoms with E-state index in [2.05, 4.69) is 17.4 Å². The van der Waals surface area contributed by atoms with Crippen LogP contribution in [0.15, 0.2) is 30.3 Å². The van der Waals surface area contributed by atoms with Gasteiger partial charge in [-0.15, -0.1) is 0 Å². The summed E-state index contributed by atoms with van der Waals surface area (Å²) in [6.07, 6.45) is 21.3. The summed E-state index contributed by atoms with van der Waals surface area (Å²) in [6, 6.07) is 8.75. The lowest BCUT2D eigenvalue weighted by molar-refractivity contribution is -0.143. The Morgan fingerprint density at radius 1 is 0.732 bits per heavy atom. The Balaban J connectivity index is 1.08. The van der Waals surface area contributed by atoms with Crippen LogP contribution in [-0.4, -0.2) is 66.5 Å². The van der Waals surface area contributed by atoms with Crippen molar-refractivity contribution in [3.8, 4) is 0 Å². The van der Waals surface area contributed by atoms with Gasteiger partial charge < -0.3 is 27.4 Å². The summed E-state index contributed by atoms with van der Waals surface area (Å²) in [5.41, 5.74) is 19.2. The van der Waals surface area contributed by atoms with Crippen molar-refractivity contribution >= 4 is 23.4 Å². The van der Waals surface area contributed by atoms with Gasteiger partial charge in [-0.2, -0.15) is 0 Å². The SMILES string of the molecule is NCCCC[C@H](NC(=O)[C@@H](N)CCCN)C(=O)C[C@@H](Cc1ccccc1)CN(CC(=O)CCC12CC3CC(CC(C3)C1)C2)C(=O)CC12CC3CC(CC(C3)C1)C2. The summed E-state index contributed by atoms with van der Waals surface area (Å²) in [6.45, 7) is 1.45. The van der Waals surface area contributed by atoms with E-state index in [1.54, 1.807) is 0 Å². The van der Waals surface area contributed by atoms with Crippen molar-refractivity contribution in [1.29, 1.82) is 0 Å². The van der Waals surface area contributed by atoms with E-state index in [9.17, 15) is 19.2 Å². The molecule has 9 rings (SSSR count). The van der Waals surface area contributed by atoms with E-state index >= 15 is 0 Å². The van der Waals surface area contributed by atoms with Crippen LogP contribution in [0.5, 0.6) is 0 Å². The van der Waals surface area contributed by atoms with Crippen molar-refractivity contribution in [3.63, 3.8) is 0 Å². The number of hydrogen-bond acceptors (Lipinski definition) is 7. The van der Waals surface area contributed by atoms with Crippen LogP contribution in [0.1, 0.15) is 140 Å². The molecule has 7 N–H and O–H groups in total. The molecule has 1 aromatic rings. The molecule has 8 fully saturated rings. The fourth-order valence-corrected chi connectivity index (χ4v) is 13.9. The van der Waals surface area contributed by atoms with Gasteiger partial charge in [0.25, 0.3) is 0 Å². The summed E-state index contributed by atoms with van der Waals surface area (Å²) in [7, 11) is 0. The zero-order chi connectivity index (χ0) is 39.3. The average Bonchev–Trinajstić information content (AvgIpc) is 3.14. The summed E-state index contributed by atoms with van der Waals surface area (Å²) < 4.78 is 0. The lowest BCUT2D eigenvalue weighted by Crippen LogP contribution is -2.50. The van der Waals surface area contributed by atoms with Gasteiger partial charge in [0.1, 0.15) is 0 Å². The first kappa shape index (κ1) is 41.5. The molecule has 1 aromatic carbocycles. The first-order valence-corrected chi connectivity index (χ1v) is 22.8. The summed E-state index contributed by atoms with van der Waals surface area (Å²) in [5.74, 6) is 4.42. The van der Waals surface area contributed by atoms with Gasteiger partial charge in [0.2, 0.25) is 11.8 Å². The van der Waals surface area contributed by atoms with Crippen molar-refractivity contribution in [2.24, 2.45) is 69.5 Å². The fourth-order valence-electron chi connectivity index (χ4n) is 13.9. The molecular weight excluding hydrogens is 699 g/mol. The normalized spacial score (nSPS) is 32.6. The maximum absolute atomic E-state index is 14.8. The Morgan fingerprint density at radius 3 is 1.84 bits per heavy atom. The summed E-state index contributed by atoms with van der Waals surface area (Å²) in [4.78, 5) is 58.3. The number of nitrogens with one attached hydrogen (secondary N) is 1. The van der Waals surface area contributed by atoms with Gasteiger partial charge >= 0.3 is 0 Å². The van der Waals surface area contributed by atoms with Crippen LogP contribution in [0.4, 0.5) is 0 Å². The lowest BCUT2D eigenvalue weighted by Gasteiger charge is -2.57. The molecule has 0 radical (unpaired) electrons. The number of amides is 2. The second kappa shape index (κ2) is 18.5. The molecule has 8 saturated carbocycles. The topological polar surface area (TPSA) is 162 Å². The van der Waals surface area contributed by atoms with Crippen LogP contribution in [0.25, 0.3) is 0 Å². The van der Waals surface area contributed by atoms with Gasteiger partial charge in [0.05, 0.1) is 18.6 Å². The maximum Gasteiger partial charge on any atom is 0.237 e. The minimum Gasteiger partial charge on any atom is -0.345 e. The van der Waals surface area contributed by atoms with Crippen LogP contribution in [-0.2, 0) is 25.6 Å². The highest BCUT2D eigenvalue weighted by molar-refractivity contribution is 5.91. The van der Waals surface area contributed by atoms with E-state index < -0.39 is 12.1 Å². The van der Waals surface area contributed by atoms with Crippen molar-refractivity contribution in [2.75, 3.05) is 26.2 Å². The highest BCUT2D eigenvalue weighted by Gasteiger charge is 2.53. The molecule has 56 heavy (non-hydrogen) atoms. The standard InChI is InChI=1S/C47H73N5O4/c48-13-5-4-10-42(51-45(56)41(50)9-6-14-49)43(54)22-39(15-32-7-2-1-3-8-32)30-52(44(55)29-47-26-36-19-37(27-47)21-38(20-36)28-47)31-40(53)11-12-46-23-33-16-34(24-46)18-35(17-33)25-46/h1-3,7-8,33-39,41-42H,4-6,9-31,48-50H2,(H,51,56)/t33?,34?,35?,36?,37?,38?,39-,41+,42+,46?,47?/m1/s1. The third-order valence-corrected chi connectivity index (χ3v) is 15.6. The van der Waals surface area contributed by atoms with Crippen LogP contribution in [0, 0.1) is 52.3 Å². The molecule has 0 aromatic heterocycles. The molecule has 0 unspecified atom stereocenters. The van der Waals surface area contributed by atoms with Crippen molar-refractivity contribution in [2.45, 2.75) is 153 Å². The average molecular weight is 772 g/mol. The molecule has 310 valence electrons. The highest BCUT2D eigenvalue weighted by atomic mass is 16.2. The molecule has 8 aliphatic carbocycles. The third-order valence-electron chi connectivity index (χ3n) is 15.6. The molecule has 9 nitrogen and oxygen atoms in total. The third kappa shape index (κ3) is 10.5. The Bertz CT molecular complexity index is 1440. The molecular formula is C47H73N5O4. The molecule has 0 aliphatic heterocycles. The Morgan fingerprint density at radius 2 is 1.29 bits per heavy atom. The number of unbranched alkanes of at least 4 members (excludes halogenated alkanes) is 1. The van der Waals surface area contributed by atoms with Crippen LogP contribution >= 0.6 is 0 Å². The molecule has 2 amide bonds. The van der Waals surface area contributed by atoms with Gasteiger partial charge in [-0.1, -0.05) is 30.3 Å². The van der Waals surface area contributed by atoms with Gasteiger partial charge in [0.15, 0.2) is 11.6 Å². The minimum atomic E-state index is -0.731. The van der Waals surface area contributed by atoms with Crippen LogP contribution in [0.2, 0.25) is 0 Å². The zero-order valence-electron chi connectivity index (χ0n) is 34.3. The number of carbonyl (C=O) groups excluding carboxylic acids is 4. The predicted molar refractivity (Wildman–Crippen MR) is 221 cm³/mol. The largest absolute Gasteiger partial charge is 0.345 e.